The Balaban J connectivity index is 1.82. The molecule has 0 aliphatic carbocycles. The Morgan fingerprint density at radius 2 is 1.89 bits per heavy atom. The third-order valence-electron chi connectivity index (χ3n) is 4.63. The van der Waals surface area contributed by atoms with Crippen molar-refractivity contribution in [1.82, 2.24) is 14.5 Å². The van der Waals surface area contributed by atoms with Crippen molar-refractivity contribution in [3.63, 3.8) is 0 Å². The first-order chi connectivity index (χ1) is 12.8. The number of hydrogen-bond acceptors (Lipinski definition) is 5. The van der Waals surface area contributed by atoms with Gasteiger partial charge in [0.05, 0.1) is 22.5 Å². The van der Waals surface area contributed by atoms with Gasteiger partial charge in [-0.2, -0.15) is 0 Å². The van der Waals surface area contributed by atoms with Crippen molar-refractivity contribution in [2.45, 2.75) is 36.6 Å². The van der Waals surface area contributed by atoms with Gasteiger partial charge in [-0.25, -0.2) is 9.97 Å². The fourth-order valence-electron chi connectivity index (χ4n) is 3.26. The van der Waals surface area contributed by atoms with Crippen molar-refractivity contribution < 1.29 is 5.11 Å². The highest BCUT2D eigenvalue weighted by atomic mass is 35.5. The average molecular weight is 400 g/mol. The number of aromatic nitrogens is 3. The SMILES string of the molecule is CC(C)(O)c1ccnc2c1Cc1ncn(-c3ccc(Cl)cc3)c(=O)c1CS2. The van der Waals surface area contributed by atoms with Gasteiger partial charge in [0.2, 0.25) is 0 Å². The van der Waals surface area contributed by atoms with Gasteiger partial charge < -0.3 is 5.11 Å². The van der Waals surface area contributed by atoms with E-state index >= 15 is 0 Å². The molecule has 0 spiro atoms. The van der Waals surface area contributed by atoms with E-state index in [1.165, 1.54) is 16.3 Å². The number of aliphatic hydroxyl groups is 1. The average Bonchev–Trinajstić information content (AvgIpc) is 2.81. The van der Waals surface area contributed by atoms with Crippen LogP contribution < -0.4 is 5.56 Å². The lowest BCUT2D eigenvalue weighted by molar-refractivity contribution is 0.0773. The van der Waals surface area contributed by atoms with E-state index in [-0.39, 0.29) is 5.56 Å². The summed E-state index contributed by atoms with van der Waals surface area (Å²) in [4.78, 5) is 22.1. The van der Waals surface area contributed by atoms with Crippen molar-refractivity contribution >= 4 is 23.4 Å². The summed E-state index contributed by atoms with van der Waals surface area (Å²) in [6.07, 6.45) is 3.73. The van der Waals surface area contributed by atoms with E-state index in [4.69, 9.17) is 11.6 Å². The molecule has 138 valence electrons. The van der Waals surface area contributed by atoms with E-state index in [0.29, 0.717) is 22.8 Å². The summed E-state index contributed by atoms with van der Waals surface area (Å²) in [6, 6.07) is 8.92. The van der Waals surface area contributed by atoms with E-state index < -0.39 is 5.60 Å². The van der Waals surface area contributed by atoms with Gasteiger partial charge in [-0.05, 0) is 55.3 Å². The molecule has 3 aromatic rings. The summed E-state index contributed by atoms with van der Waals surface area (Å²) in [5, 5.41) is 12.0. The predicted octanol–water partition coefficient (Wildman–Crippen LogP) is 3.70. The molecule has 0 saturated heterocycles. The Labute approximate surface area is 166 Å². The zero-order valence-electron chi connectivity index (χ0n) is 14.9. The van der Waals surface area contributed by atoms with Crippen LogP contribution in [0.25, 0.3) is 5.69 Å². The van der Waals surface area contributed by atoms with Crippen LogP contribution in [0.5, 0.6) is 0 Å². The largest absolute Gasteiger partial charge is 0.386 e. The molecule has 7 heteroatoms. The fraction of sp³-hybridized carbons (Fsp3) is 0.250. The number of nitrogens with zero attached hydrogens (tertiary/aromatic N) is 3. The molecule has 0 atom stereocenters. The summed E-state index contributed by atoms with van der Waals surface area (Å²) in [5.41, 5.74) is 2.79. The standard InChI is InChI=1S/C20H18ClN3O2S/c1-20(2,26)16-7-8-22-18-14(16)9-17-15(10-27-18)19(25)24(11-23-17)13-5-3-12(21)4-6-13/h3-8,11,26H,9-10H2,1-2H3. The molecule has 0 radical (unpaired) electrons. The van der Waals surface area contributed by atoms with E-state index in [2.05, 4.69) is 9.97 Å². The highest BCUT2D eigenvalue weighted by Crippen LogP contribution is 2.35. The Morgan fingerprint density at radius 3 is 2.59 bits per heavy atom. The predicted molar refractivity (Wildman–Crippen MR) is 107 cm³/mol. The molecular weight excluding hydrogens is 382 g/mol. The first kappa shape index (κ1) is 18.2. The van der Waals surface area contributed by atoms with E-state index in [1.807, 2.05) is 6.07 Å². The molecule has 5 nitrogen and oxygen atoms in total. The smallest absolute Gasteiger partial charge is 0.262 e. The summed E-state index contributed by atoms with van der Waals surface area (Å²) in [5.74, 6) is 0.491. The molecule has 3 heterocycles. The van der Waals surface area contributed by atoms with Gasteiger partial charge in [-0.15, -0.1) is 11.8 Å². The molecule has 0 fully saturated rings. The Kier molecular flexibility index (Phi) is 4.58. The lowest BCUT2D eigenvalue weighted by atomic mass is 9.92. The minimum Gasteiger partial charge on any atom is -0.386 e. The zero-order chi connectivity index (χ0) is 19.2. The van der Waals surface area contributed by atoms with Gasteiger partial charge >= 0.3 is 0 Å². The lowest BCUT2D eigenvalue weighted by Crippen LogP contribution is -2.25. The maximum absolute atomic E-state index is 13.1. The first-order valence-electron chi connectivity index (χ1n) is 8.53. The first-order valence-corrected chi connectivity index (χ1v) is 9.90. The monoisotopic (exact) mass is 399 g/mol. The van der Waals surface area contributed by atoms with Crippen LogP contribution in [0.15, 0.2) is 52.7 Å². The molecule has 0 saturated carbocycles. The molecular formula is C20H18ClN3O2S. The highest BCUT2D eigenvalue weighted by molar-refractivity contribution is 7.98. The quantitative estimate of drug-likeness (QED) is 0.711. The second kappa shape index (κ2) is 6.78. The molecule has 27 heavy (non-hydrogen) atoms. The summed E-state index contributed by atoms with van der Waals surface area (Å²) in [6.45, 7) is 3.51. The van der Waals surface area contributed by atoms with Gasteiger partial charge in [-0.1, -0.05) is 11.6 Å². The van der Waals surface area contributed by atoms with Gasteiger partial charge in [-0.3, -0.25) is 9.36 Å². The molecule has 0 unspecified atom stereocenters. The van der Waals surface area contributed by atoms with Gasteiger partial charge in [0.1, 0.15) is 11.4 Å². The van der Waals surface area contributed by atoms with E-state index in [0.717, 1.165) is 27.5 Å². The molecule has 1 aliphatic rings. The molecule has 0 amide bonds. The number of benzene rings is 1. The molecule has 1 aliphatic heterocycles. The van der Waals surface area contributed by atoms with Crippen molar-refractivity contribution in [2.24, 2.45) is 0 Å². The fourth-order valence-corrected chi connectivity index (χ4v) is 4.45. The summed E-state index contributed by atoms with van der Waals surface area (Å²) in [7, 11) is 0. The number of rotatable bonds is 2. The number of pyridine rings is 1. The lowest BCUT2D eigenvalue weighted by Gasteiger charge is -2.22. The molecule has 2 aromatic heterocycles. The van der Waals surface area contributed by atoms with Crippen LogP contribution in [0.2, 0.25) is 5.02 Å². The van der Waals surface area contributed by atoms with Crippen molar-refractivity contribution in [1.29, 1.82) is 0 Å². The Bertz CT molecular complexity index is 1070. The second-order valence-corrected chi connectivity index (χ2v) is 8.39. The third-order valence-corrected chi connectivity index (χ3v) is 5.94. The molecule has 0 bridgehead atoms. The normalized spacial score (nSPS) is 13.6. The maximum atomic E-state index is 13.1. The third kappa shape index (κ3) is 3.40. The highest BCUT2D eigenvalue weighted by Gasteiger charge is 2.27. The Morgan fingerprint density at radius 1 is 1.15 bits per heavy atom. The topological polar surface area (TPSA) is 68.0 Å². The van der Waals surface area contributed by atoms with Crippen LogP contribution in [0.4, 0.5) is 0 Å². The van der Waals surface area contributed by atoms with Crippen LogP contribution >= 0.6 is 23.4 Å². The summed E-state index contributed by atoms with van der Waals surface area (Å²) >= 11 is 7.45. The van der Waals surface area contributed by atoms with Crippen molar-refractivity contribution in [2.75, 3.05) is 0 Å². The number of fused-ring (bicyclic) bond motifs is 2. The minimum atomic E-state index is -0.990. The van der Waals surface area contributed by atoms with Crippen LogP contribution in [-0.4, -0.2) is 19.6 Å². The number of halogens is 1. The van der Waals surface area contributed by atoms with E-state index in [9.17, 15) is 9.90 Å². The van der Waals surface area contributed by atoms with E-state index in [1.54, 1.807) is 50.6 Å². The van der Waals surface area contributed by atoms with Crippen molar-refractivity contribution in [3.05, 3.63) is 80.6 Å². The summed E-state index contributed by atoms with van der Waals surface area (Å²) < 4.78 is 1.54. The van der Waals surface area contributed by atoms with Gasteiger partial charge in [0, 0.05) is 23.4 Å². The number of hydrogen-bond donors (Lipinski definition) is 1. The van der Waals surface area contributed by atoms with Gasteiger partial charge in [0.15, 0.2) is 0 Å². The maximum Gasteiger partial charge on any atom is 0.262 e. The zero-order valence-corrected chi connectivity index (χ0v) is 16.5. The van der Waals surface area contributed by atoms with Gasteiger partial charge in [0.25, 0.3) is 5.56 Å². The number of thioether (sulfide) groups is 1. The van der Waals surface area contributed by atoms with Crippen LogP contribution in [0, 0.1) is 0 Å². The van der Waals surface area contributed by atoms with Crippen LogP contribution in [0.1, 0.15) is 36.2 Å². The molecule has 1 N–H and O–H groups in total. The molecule has 4 rings (SSSR count). The minimum absolute atomic E-state index is 0.0903. The van der Waals surface area contributed by atoms with Crippen LogP contribution in [0.3, 0.4) is 0 Å². The Hall–Kier alpha value is -2.15. The second-order valence-electron chi connectivity index (χ2n) is 6.99. The van der Waals surface area contributed by atoms with Crippen molar-refractivity contribution in [3.8, 4) is 5.69 Å². The molecule has 1 aromatic carbocycles. The van der Waals surface area contributed by atoms with Crippen LogP contribution in [-0.2, 0) is 17.8 Å².